The number of aromatic nitrogens is 2. The quantitative estimate of drug-likeness (QED) is 0.565. The Balaban J connectivity index is 2.07. The van der Waals surface area contributed by atoms with Gasteiger partial charge in [0.05, 0.1) is 32.2 Å². The molecule has 2 aromatic carbocycles. The number of carbonyl (C=O) groups excluding carboxylic acids is 1. The van der Waals surface area contributed by atoms with Crippen molar-refractivity contribution in [3.05, 3.63) is 66.1 Å². The molecule has 26 heavy (non-hydrogen) atoms. The van der Waals surface area contributed by atoms with E-state index in [1.165, 1.54) is 24.3 Å². The molecule has 0 aliphatic carbocycles. The highest BCUT2D eigenvalue weighted by atomic mass is 35.5. The smallest absolute Gasteiger partial charge is 0.268 e. The lowest BCUT2D eigenvalue weighted by Gasteiger charge is -2.20. The van der Waals surface area contributed by atoms with E-state index in [2.05, 4.69) is 10.3 Å². The molecule has 0 bridgehead atoms. The SMILES string of the molecule is O=C1c2cc(Cl)cc(Cl)c2NCCc2nc3c(Cl)cc(Cl)cc3c(=O)n21. The van der Waals surface area contributed by atoms with E-state index in [1.54, 1.807) is 0 Å². The number of benzene rings is 2. The molecule has 0 saturated heterocycles. The van der Waals surface area contributed by atoms with E-state index in [1.807, 2.05) is 0 Å². The summed E-state index contributed by atoms with van der Waals surface area (Å²) in [7, 11) is 0. The Bertz CT molecular complexity index is 1160. The third-order valence-electron chi connectivity index (χ3n) is 4.10. The fourth-order valence-electron chi connectivity index (χ4n) is 2.98. The number of hydrogen-bond acceptors (Lipinski definition) is 4. The molecule has 1 aromatic heterocycles. The molecular formula is C17H9Cl4N3O2. The first kappa shape index (κ1) is 17.6. The van der Waals surface area contributed by atoms with Crippen LogP contribution in [0.15, 0.2) is 29.1 Å². The van der Waals surface area contributed by atoms with Gasteiger partial charge in [-0.15, -0.1) is 0 Å². The van der Waals surface area contributed by atoms with Crippen molar-refractivity contribution >= 4 is 68.9 Å². The van der Waals surface area contributed by atoms with E-state index >= 15 is 0 Å². The lowest BCUT2D eigenvalue weighted by molar-refractivity contribution is 0.0952. The van der Waals surface area contributed by atoms with Crippen molar-refractivity contribution in [1.29, 1.82) is 0 Å². The Kier molecular flexibility index (Phi) is 4.35. The van der Waals surface area contributed by atoms with E-state index in [9.17, 15) is 9.59 Å². The summed E-state index contributed by atoms with van der Waals surface area (Å²) in [6.45, 7) is 0.421. The van der Waals surface area contributed by atoms with Crippen LogP contribution < -0.4 is 10.9 Å². The Hall–Kier alpha value is -1.79. The van der Waals surface area contributed by atoms with Gasteiger partial charge >= 0.3 is 0 Å². The van der Waals surface area contributed by atoms with Gasteiger partial charge in [0.25, 0.3) is 11.5 Å². The Labute approximate surface area is 167 Å². The molecular weight excluding hydrogens is 420 g/mol. The second kappa shape index (κ2) is 6.43. The highest BCUT2D eigenvalue weighted by Crippen LogP contribution is 2.32. The molecule has 5 nitrogen and oxygen atoms in total. The van der Waals surface area contributed by atoms with Crippen LogP contribution in [0, 0.1) is 0 Å². The van der Waals surface area contributed by atoms with Crippen LogP contribution in [0.5, 0.6) is 0 Å². The topological polar surface area (TPSA) is 64.0 Å². The van der Waals surface area contributed by atoms with Gasteiger partial charge in [-0.3, -0.25) is 9.59 Å². The summed E-state index contributed by atoms with van der Waals surface area (Å²) in [5.74, 6) is -0.270. The zero-order valence-corrected chi connectivity index (χ0v) is 16.0. The molecule has 0 unspecified atom stereocenters. The molecule has 1 aliphatic rings. The summed E-state index contributed by atoms with van der Waals surface area (Å²) in [5, 5.41) is 4.40. The van der Waals surface area contributed by atoms with Crippen molar-refractivity contribution in [2.24, 2.45) is 0 Å². The molecule has 0 fully saturated rings. The van der Waals surface area contributed by atoms with E-state index in [0.29, 0.717) is 40.0 Å². The van der Waals surface area contributed by atoms with E-state index in [-0.39, 0.29) is 21.0 Å². The molecule has 1 aliphatic heterocycles. The van der Waals surface area contributed by atoms with Crippen molar-refractivity contribution in [3.8, 4) is 0 Å². The second-order valence-corrected chi connectivity index (χ2v) is 7.43. The van der Waals surface area contributed by atoms with E-state index < -0.39 is 11.5 Å². The van der Waals surface area contributed by atoms with Crippen LogP contribution in [0.4, 0.5) is 5.69 Å². The van der Waals surface area contributed by atoms with Crippen molar-refractivity contribution in [2.75, 3.05) is 11.9 Å². The number of hydrogen-bond donors (Lipinski definition) is 1. The number of nitrogens with zero attached hydrogens (tertiary/aromatic N) is 2. The monoisotopic (exact) mass is 427 g/mol. The normalized spacial score (nSPS) is 13.6. The fourth-order valence-corrected chi connectivity index (χ4v) is 4.07. The lowest BCUT2D eigenvalue weighted by Crippen LogP contribution is -2.34. The molecule has 3 aromatic rings. The van der Waals surface area contributed by atoms with Crippen LogP contribution >= 0.6 is 46.4 Å². The molecule has 0 amide bonds. The first-order valence-electron chi connectivity index (χ1n) is 7.55. The van der Waals surface area contributed by atoms with Gasteiger partial charge in [0.15, 0.2) is 0 Å². The number of anilines is 1. The van der Waals surface area contributed by atoms with Gasteiger partial charge < -0.3 is 5.32 Å². The van der Waals surface area contributed by atoms with Crippen molar-refractivity contribution in [1.82, 2.24) is 9.55 Å². The summed E-state index contributed by atoms with van der Waals surface area (Å²) in [4.78, 5) is 30.6. The summed E-state index contributed by atoms with van der Waals surface area (Å²) >= 11 is 24.4. The molecule has 2 heterocycles. The van der Waals surface area contributed by atoms with Gasteiger partial charge in [-0.05, 0) is 24.3 Å². The highest BCUT2D eigenvalue weighted by Gasteiger charge is 2.25. The average molecular weight is 429 g/mol. The molecule has 0 spiro atoms. The van der Waals surface area contributed by atoms with Gasteiger partial charge in [0.1, 0.15) is 5.82 Å². The first-order valence-corrected chi connectivity index (χ1v) is 9.06. The minimum Gasteiger partial charge on any atom is -0.383 e. The average Bonchev–Trinajstić information content (AvgIpc) is 2.56. The predicted octanol–water partition coefficient (Wildman–Crippen LogP) is 4.67. The summed E-state index contributed by atoms with van der Waals surface area (Å²) in [6, 6.07) is 5.95. The molecule has 9 heteroatoms. The second-order valence-electron chi connectivity index (χ2n) is 5.74. The molecule has 1 N–H and O–H groups in total. The summed E-state index contributed by atoms with van der Waals surface area (Å²) < 4.78 is 1.03. The zero-order valence-electron chi connectivity index (χ0n) is 12.9. The largest absolute Gasteiger partial charge is 0.383 e. The Morgan fingerprint density at radius 3 is 2.42 bits per heavy atom. The van der Waals surface area contributed by atoms with Crippen molar-refractivity contribution in [2.45, 2.75) is 6.42 Å². The number of halogens is 4. The lowest BCUT2D eigenvalue weighted by atomic mass is 10.1. The molecule has 0 atom stereocenters. The molecule has 0 saturated carbocycles. The highest BCUT2D eigenvalue weighted by molar-refractivity contribution is 6.38. The van der Waals surface area contributed by atoms with Crippen LogP contribution in [-0.4, -0.2) is 22.0 Å². The van der Waals surface area contributed by atoms with Gasteiger partial charge in [0.2, 0.25) is 0 Å². The zero-order chi connectivity index (χ0) is 18.6. The van der Waals surface area contributed by atoms with Crippen molar-refractivity contribution < 1.29 is 4.79 Å². The number of carbonyl (C=O) groups is 1. The third-order valence-corrected chi connectivity index (χ3v) is 5.12. The Morgan fingerprint density at radius 2 is 1.65 bits per heavy atom. The third kappa shape index (κ3) is 2.76. The van der Waals surface area contributed by atoms with Crippen LogP contribution in [0.3, 0.4) is 0 Å². The predicted molar refractivity (Wildman–Crippen MR) is 104 cm³/mol. The van der Waals surface area contributed by atoms with E-state index in [4.69, 9.17) is 46.4 Å². The van der Waals surface area contributed by atoms with Crippen LogP contribution in [0.1, 0.15) is 16.2 Å². The maximum absolute atomic E-state index is 13.1. The molecule has 0 radical (unpaired) electrons. The standard InChI is InChI=1S/C17H9Cl4N3O2/c18-7-3-9-14(11(20)5-7)22-2-1-13-23-15-10(4-8(19)6-12(15)21)17(26)24(13)16(9)25/h3-6,22H,1-2H2. The van der Waals surface area contributed by atoms with Crippen LogP contribution in [0.25, 0.3) is 10.9 Å². The minimum atomic E-state index is -0.568. The maximum Gasteiger partial charge on any atom is 0.268 e. The number of rotatable bonds is 0. The minimum absolute atomic E-state index is 0.169. The molecule has 4 rings (SSSR count). The van der Waals surface area contributed by atoms with Gasteiger partial charge in [0, 0.05) is 23.0 Å². The van der Waals surface area contributed by atoms with Crippen LogP contribution in [0.2, 0.25) is 20.1 Å². The van der Waals surface area contributed by atoms with Crippen LogP contribution in [-0.2, 0) is 6.42 Å². The first-order chi connectivity index (χ1) is 12.4. The summed E-state index contributed by atoms with van der Waals surface area (Å²) in [5.41, 5.74) is 0.399. The molecule has 132 valence electrons. The Morgan fingerprint density at radius 1 is 0.962 bits per heavy atom. The number of nitrogens with one attached hydrogen (secondary N) is 1. The maximum atomic E-state index is 13.1. The summed E-state index contributed by atoms with van der Waals surface area (Å²) in [6.07, 6.45) is 0.328. The fraction of sp³-hybridized carbons (Fsp3) is 0.118. The van der Waals surface area contributed by atoms with Gasteiger partial charge in [-0.1, -0.05) is 46.4 Å². The van der Waals surface area contributed by atoms with Gasteiger partial charge in [-0.2, -0.15) is 0 Å². The van der Waals surface area contributed by atoms with Crippen molar-refractivity contribution in [3.63, 3.8) is 0 Å². The number of fused-ring (bicyclic) bond motifs is 3. The van der Waals surface area contributed by atoms with E-state index in [0.717, 1.165) is 4.57 Å². The van der Waals surface area contributed by atoms with Gasteiger partial charge in [-0.25, -0.2) is 9.55 Å².